The van der Waals surface area contributed by atoms with Crippen LogP contribution in [0, 0.1) is 5.82 Å². The first-order valence-electron chi connectivity index (χ1n) is 10.1. The van der Waals surface area contributed by atoms with Crippen molar-refractivity contribution < 1.29 is 13.9 Å². The molecule has 32 heavy (non-hydrogen) atoms. The van der Waals surface area contributed by atoms with Crippen LogP contribution in [0.5, 0.6) is 5.75 Å². The second kappa shape index (κ2) is 8.62. The summed E-state index contributed by atoms with van der Waals surface area (Å²) in [6.07, 6.45) is 1.42. The van der Waals surface area contributed by atoms with E-state index in [0.717, 1.165) is 17.0 Å². The van der Waals surface area contributed by atoms with Crippen LogP contribution in [0.1, 0.15) is 41.5 Å². The molecule has 1 amide bonds. The van der Waals surface area contributed by atoms with Gasteiger partial charge in [0, 0.05) is 18.0 Å². The van der Waals surface area contributed by atoms with E-state index >= 15 is 0 Å². The van der Waals surface area contributed by atoms with Crippen molar-refractivity contribution in [3.05, 3.63) is 71.6 Å². The summed E-state index contributed by atoms with van der Waals surface area (Å²) in [6, 6.07) is 11.8. The van der Waals surface area contributed by atoms with Gasteiger partial charge in [-0.1, -0.05) is 44.2 Å². The third-order valence-electron chi connectivity index (χ3n) is 5.10. The van der Waals surface area contributed by atoms with E-state index in [9.17, 15) is 9.18 Å². The van der Waals surface area contributed by atoms with E-state index in [4.69, 9.17) is 15.5 Å². The molecule has 0 radical (unpaired) electrons. The highest BCUT2D eigenvalue weighted by Crippen LogP contribution is 2.30. The van der Waals surface area contributed by atoms with Gasteiger partial charge >= 0.3 is 0 Å². The predicted molar refractivity (Wildman–Crippen MR) is 119 cm³/mol. The summed E-state index contributed by atoms with van der Waals surface area (Å²) < 4.78 is 20.6. The molecule has 0 unspecified atom stereocenters. The van der Waals surface area contributed by atoms with Crippen molar-refractivity contribution in [2.24, 2.45) is 0 Å². The van der Waals surface area contributed by atoms with Gasteiger partial charge in [0.25, 0.3) is 5.91 Å². The zero-order valence-electron chi connectivity index (χ0n) is 18.0. The van der Waals surface area contributed by atoms with Crippen molar-refractivity contribution >= 4 is 17.2 Å². The van der Waals surface area contributed by atoms with Gasteiger partial charge in [-0.05, 0) is 17.7 Å². The van der Waals surface area contributed by atoms with Gasteiger partial charge in [-0.2, -0.15) is 5.10 Å². The highest BCUT2D eigenvalue weighted by atomic mass is 19.1. The zero-order chi connectivity index (χ0) is 22.8. The Bertz CT molecular complexity index is 1280. The predicted octanol–water partition coefficient (Wildman–Crippen LogP) is 3.57. The van der Waals surface area contributed by atoms with E-state index in [-0.39, 0.29) is 23.8 Å². The topological polar surface area (TPSA) is 107 Å². The summed E-state index contributed by atoms with van der Waals surface area (Å²) in [7, 11) is 1.33. The summed E-state index contributed by atoms with van der Waals surface area (Å²) in [4.78, 5) is 21.3. The van der Waals surface area contributed by atoms with Crippen LogP contribution in [-0.2, 0) is 6.54 Å². The van der Waals surface area contributed by atoms with Gasteiger partial charge in [-0.25, -0.2) is 18.9 Å². The molecule has 8 nitrogen and oxygen atoms in total. The third kappa shape index (κ3) is 3.84. The fraction of sp³-hybridized carbons (Fsp3) is 0.217. The number of imidazole rings is 1. The minimum absolute atomic E-state index is 0.0761. The Morgan fingerprint density at radius 1 is 1.22 bits per heavy atom. The van der Waals surface area contributed by atoms with Crippen LogP contribution >= 0.6 is 0 Å². The molecule has 2 aromatic heterocycles. The lowest BCUT2D eigenvalue weighted by Crippen LogP contribution is -2.23. The molecular weight excluding hydrogens is 411 g/mol. The Hall–Kier alpha value is -4.01. The van der Waals surface area contributed by atoms with E-state index in [0.29, 0.717) is 17.0 Å². The first-order valence-corrected chi connectivity index (χ1v) is 10.1. The number of nitrogens with two attached hydrogens (primary N) is 1. The van der Waals surface area contributed by atoms with Crippen molar-refractivity contribution in [2.75, 3.05) is 12.8 Å². The average Bonchev–Trinajstić information content (AvgIpc) is 3.19. The first-order chi connectivity index (χ1) is 15.4. The molecule has 4 aromatic rings. The van der Waals surface area contributed by atoms with Gasteiger partial charge in [0.15, 0.2) is 17.4 Å². The lowest BCUT2D eigenvalue weighted by molar-refractivity contribution is 0.0947. The summed E-state index contributed by atoms with van der Waals surface area (Å²) in [5.41, 5.74) is 9.35. The number of methoxy groups -OCH3 is 1. The fourth-order valence-electron chi connectivity index (χ4n) is 3.51. The second-order valence-electron chi connectivity index (χ2n) is 7.58. The number of fused-ring (bicyclic) bond motifs is 1. The van der Waals surface area contributed by atoms with Gasteiger partial charge in [0.05, 0.1) is 12.7 Å². The Morgan fingerprint density at radius 2 is 1.97 bits per heavy atom. The average molecular weight is 434 g/mol. The van der Waals surface area contributed by atoms with Crippen LogP contribution in [0.3, 0.4) is 0 Å². The van der Waals surface area contributed by atoms with Crippen LogP contribution in [-0.4, -0.2) is 32.6 Å². The molecule has 164 valence electrons. The summed E-state index contributed by atoms with van der Waals surface area (Å²) in [6.45, 7) is 4.34. The van der Waals surface area contributed by atoms with Crippen LogP contribution < -0.4 is 15.8 Å². The number of hydrogen-bond donors (Lipinski definition) is 2. The first kappa shape index (κ1) is 21.2. The molecule has 0 spiro atoms. The molecule has 0 bridgehead atoms. The molecular formula is C23H23FN6O2. The number of amides is 1. The minimum Gasteiger partial charge on any atom is -0.493 e. The minimum atomic E-state index is -0.583. The molecule has 0 saturated heterocycles. The number of carbonyl (C=O) groups is 1. The summed E-state index contributed by atoms with van der Waals surface area (Å²) >= 11 is 0. The van der Waals surface area contributed by atoms with Crippen molar-refractivity contribution in [1.29, 1.82) is 0 Å². The van der Waals surface area contributed by atoms with E-state index in [1.54, 1.807) is 4.52 Å². The standard InChI is InChI=1S/C23H23FN6O2/c1-13(2)22-29-18(19-21(25)27-12-28-30(19)22)15-9-7-14(8-10-15)11-26-23(31)16-5-4-6-17(24)20(16)32-3/h4-10,12-13H,11H2,1-3H3,(H,26,31)(H2,25,27,28). The molecule has 4 rings (SSSR count). The maximum atomic E-state index is 13.8. The number of para-hydroxylation sites is 1. The number of benzene rings is 2. The van der Waals surface area contributed by atoms with Crippen LogP contribution in [0.2, 0.25) is 0 Å². The Balaban J connectivity index is 1.56. The fourth-order valence-corrected chi connectivity index (χ4v) is 3.51. The van der Waals surface area contributed by atoms with Gasteiger partial charge in [-0.3, -0.25) is 4.79 Å². The van der Waals surface area contributed by atoms with Crippen molar-refractivity contribution in [3.63, 3.8) is 0 Å². The lowest BCUT2D eigenvalue weighted by atomic mass is 10.1. The summed E-state index contributed by atoms with van der Waals surface area (Å²) in [5, 5.41) is 7.09. The maximum absolute atomic E-state index is 13.8. The lowest BCUT2D eigenvalue weighted by Gasteiger charge is -2.10. The maximum Gasteiger partial charge on any atom is 0.255 e. The highest BCUT2D eigenvalue weighted by Gasteiger charge is 2.19. The number of carbonyl (C=O) groups excluding carboxylic acids is 1. The SMILES string of the molecule is COc1c(F)cccc1C(=O)NCc1ccc(-c2nc(C(C)C)n3ncnc(N)c23)cc1. The second-order valence-corrected chi connectivity index (χ2v) is 7.58. The van der Waals surface area contributed by atoms with Gasteiger partial charge in [0.1, 0.15) is 23.4 Å². The van der Waals surface area contributed by atoms with Gasteiger partial charge < -0.3 is 15.8 Å². The summed E-state index contributed by atoms with van der Waals surface area (Å²) in [5.74, 6) is 0.227. The Kier molecular flexibility index (Phi) is 5.72. The van der Waals surface area contributed by atoms with E-state index in [2.05, 4.69) is 15.4 Å². The monoisotopic (exact) mass is 434 g/mol. The molecule has 2 aromatic carbocycles. The van der Waals surface area contributed by atoms with Gasteiger partial charge in [-0.15, -0.1) is 0 Å². The molecule has 0 atom stereocenters. The van der Waals surface area contributed by atoms with Crippen LogP contribution in [0.15, 0.2) is 48.8 Å². The molecule has 0 aliphatic carbocycles. The van der Waals surface area contributed by atoms with Crippen molar-refractivity contribution in [2.45, 2.75) is 26.3 Å². The number of aromatic nitrogens is 4. The smallest absolute Gasteiger partial charge is 0.255 e. The Labute approximate surface area is 184 Å². The Morgan fingerprint density at radius 3 is 2.66 bits per heavy atom. The number of nitrogens with zero attached hydrogens (tertiary/aromatic N) is 4. The molecule has 0 aliphatic rings. The molecule has 3 N–H and O–H groups in total. The number of rotatable bonds is 6. The van der Waals surface area contributed by atoms with Crippen LogP contribution in [0.4, 0.5) is 10.2 Å². The number of anilines is 1. The molecule has 0 fully saturated rings. The molecule has 9 heteroatoms. The normalized spacial score (nSPS) is 11.2. The van der Waals surface area contributed by atoms with E-state index < -0.39 is 11.7 Å². The quantitative estimate of drug-likeness (QED) is 0.480. The zero-order valence-corrected chi connectivity index (χ0v) is 18.0. The highest BCUT2D eigenvalue weighted by molar-refractivity contribution is 5.97. The largest absolute Gasteiger partial charge is 0.493 e. The molecule has 2 heterocycles. The number of hydrogen-bond acceptors (Lipinski definition) is 6. The van der Waals surface area contributed by atoms with E-state index in [1.165, 1.54) is 31.6 Å². The van der Waals surface area contributed by atoms with Gasteiger partial charge in [0.2, 0.25) is 0 Å². The number of ether oxygens (including phenoxy) is 1. The number of nitrogens with one attached hydrogen (secondary N) is 1. The van der Waals surface area contributed by atoms with Crippen LogP contribution in [0.25, 0.3) is 16.8 Å². The molecule has 0 aliphatic heterocycles. The van der Waals surface area contributed by atoms with Crippen molar-refractivity contribution in [3.8, 4) is 17.0 Å². The van der Waals surface area contributed by atoms with E-state index in [1.807, 2.05) is 38.1 Å². The number of nitrogen functional groups attached to an aromatic ring is 1. The molecule has 0 saturated carbocycles. The third-order valence-corrected chi connectivity index (χ3v) is 5.10. The number of halogens is 1. The van der Waals surface area contributed by atoms with Crippen molar-refractivity contribution in [1.82, 2.24) is 24.9 Å².